The van der Waals surface area contributed by atoms with Crippen molar-refractivity contribution in [3.63, 3.8) is 0 Å². The van der Waals surface area contributed by atoms with Crippen LogP contribution in [-0.4, -0.2) is 38.3 Å². The van der Waals surface area contributed by atoms with Crippen LogP contribution in [0, 0.1) is 19.7 Å². The molecule has 3 rings (SSSR count). The number of carbonyl (C=O) groups excluding carboxylic acids is 1. The SMILES string of the molecule is CCN(CC(=O)NCc1ccc(F)cc1)Cc1cn2c(C)cc(C)nc2n1. The minimum absolute atomic E-state index is 0.0740. The number of fused-ring (bicyclic) bond motifs is 1. The normalized spacial score (nSPS) is 11.3. The monoisotopic (exact) mass is 369 g/mol. The van der Waals surface area contributed by atoms with Crippen molar-refractivity contribution >= 4 is 11.7 Å². The Kier molecular flexibility index (Phi) is 5.81. The Morgan fingerprint density at radius 3 is 2.67 bits per heavy atom. The standard InChI is InChI=1S/C20H24FN5O/c1-4-25(13-19(27)22-10-16-5-7-17(21)8-6-16)11-18-12-26-15(3)9-14(2)23-20(26)24-18/h5-9,12H,4,10-11,13H2,1-3H3,(H,22,27). The first-order valence-electron chi connectivity index (χ1n) is 9.00. The first-order valence-corrected chi connectivity index (χ1v) is 9.00. The van der Waals surface area contributed by atoms with Gasteiger partial charge in [0.05, 0.1) is 12.2 Å². The Hall–Kier alpha value is -2.80. The van der Waals surface area contributed by atoms with Gasteiger partial charge in [0.15, 0.2) is 0 Å². The number of amides is 1. The van der Waals surface area contributed by atoms with Gasteiger partial charge in [-0.05, 0) is 44.2 Å². The Balaban J connectivity index is 1.59. The van der Waals surface area contributed by atoms with Gasteiger partial charge in [-0.2, -0.15) is 0 Å². The second-order valence-electron chi connectivity index (χ2n) is 6.65. The first-order chi connectivity index (χ1) is 12.9. The molecule has 0 saturated carbocycles. The minimum atomic E-state index is -0.283. The molecule has 0 saturated heterocycles. The summed E-state index contributed by atoms with van der Waals surface area (Å²) in [4.78, 5) is 23.3. The largest absolute Gasteiger partial charge is 0.351 e. The van der Waals surface area contributed by atoms with E-state index in [2.05, 4.69) is 15.3 Å². The van der Waals surface area contributed by atoms with E-state index >= 15 is 0 Å². The molecule has 1 aromatic carbocycles. The molecule has 0 bridgehead atoms. The molecule has 1 amide bonds. The van der Waals surface area contributed by atoms with Gasteiger partial charge in [-0.3, -0.25) is 14.1 Å². The number of rotatable bonds is 7. The van der Waals surface area contributed by atoms with Gasteiger partial charge in [0.25, 0.3) is 0 Å². The second-order valence-corrected chi connectivity index (χ2v) is 6.65. The van der Waals surface area contributed by atoms with Crippen LogP contribution in [-0.2, 0) is 17.9 Å². The van der Waals surface area contributed by atoms with Gasteiger partial charge in [0.1, 0.15) is 5.82 Å². The molecule has 6 nitrogen and oxygen atoms in total. The minimum Gasteiger partial charge on any atom is -0.351 e. The zero-order chi connectivity index (χ0) is 19.4. The fourth-order valence-electron chi connectivity index (χ4n) is 2.96. The molecular formula is C20H24FN5O. The molecule has 0 aliphatic carbocycles. The van der Waals surface area contributed by atoms with E-state index in [9.17, 15) is 9.18 Å². The van der Waals surface area contributed by atoms with Crippen LogP contribution in [0.5, 0.6) is 0 Å². The highest BCUT2D eigenvalue weighted by molar-refractivity contribution is 5.78. The van der Waals surface area contributed by atoms with Gasteiger partial charge in [0.2, 0.25) is 11.7 Å². The molecule has 2 aromatic heterocycles. The van der Waals surface area contributed by atoms with Crippen LogP contribution >= 0.6 is 0 Å². The number of likely N-dealkylation sites (N-methyl/N-ethyl adjacent to an activating group) is 1. The van der Waals surface area contributed by atoms with Crippen LogP contribution in [0.3, 0.4) is 0 Å². The van der Waals surface area contributed by atoms with Gasteiger partial charge in [-0.1, -0.05) is 19.1 Å². The summed E-state index contributed by atoms with van der Waals surface area (Å²) in [6.07, 6.45) is 1.97. The summed E-state index contributed by atoms with van der Waals surface area (Å²) in [5.74, 6) is 0.323. The highest BCUT2D eigenvalue weighted by atomic mass is 19.1. The van der Waals surface area contributed by atoms with E-state index in [1.807, 2.05) is 42.3 Å². The molecular weight excluding hydrogens is 345 g/mol. The summed E-state index contributed by atoms with van der Waals surface area (Å²) in [6, 6.07) is 8.13. The van der Waals surface area contributed by atoms with Crippen molar-refractivity contribution in [2.24, 2.45) is 0 Å². The Labute approximate surface area is 158 Å². The van der Waals surface area contributed by atoms with Crippen LogP contribution in [0.25, 0.3) is 5.78 Å². The van der Waals surface area contributed by atoms with E-state index in [0.717, 1.165) is 29.2 Å². The number of imidazole rings is 1. The van der Waals surface area contributed by atoms with E-state index in [1.54, 1.807) is 12.1 Å². The third-order valence-electron chi connectivity index (χ3n) is 4.41. The van der Waals surface area contributed by atoms with Crippen molar-refractivity contribution in [1.82, 2.24) is 24.6 Å². The highest BCUT2D eigenvalue weighted by Crippen LogP contribution is 2.10. The summed E-state index contributed by atoms with van der Waals surface area (Å²) in [7, 11) is 0. The molecule has 27 heavy (non-hydrogen) atoms. The molecule has 0 radical (unpaired) electrons. The second kappa shape index (κ2) is 8.26. The molecule has 1 N–H and O–H groups in total. The summed E-state index contributed by atoms with van der Waals surface area (Å²) in [5.41, 5.74) is 3.76. The smallest absolute Gasteiger partial charge is 0.234 e. The molecule has 142 valence electrons. The average molecular weight is 369 g/mol. The lowest BCUT2D eigenvalue weighted by Crippen LogP contribution is -2.36. The average Bonchev–Trinajstić information content (AvgIpc) is 3.03. The topological polar surface area (TPSA) is 62.5 Å². The van der Waals surface area contributed by atoms with Crippen LogP contribution in [0.1, 0.15) is 29.6 Å². The summed E-state index contributed by atoms with van der Waals surface area (Å²) < 4.78 is 14.9. The zero-order valence-corrected chi connectivity index (χ0v) is 15.9. The zero-order valence-electron chi connectivity index (χ0n) is 15.9. The van der Waals surface area contributed by atoms with Crippen molar-refractivity contribution in [2.45, 2.75) is 33.9 Å². The number of hydrogen-bond donors (Lipinski definition) is 1. The number of nitrogens with zero attached hydrogens (tertiary/aromatic N) is 4. The van der Waals surface area contributed by atoms with Crippen LogP contribution < -0.4 is 5.32 Å². The van der Waals surface area contributed by atoms with Gasteiger partial charge in [-0.15, -0.1) is 0 Å². The fourth-order valence-corrected chi connectivity index (χ4v) is 2.96. The van der Waals surface area contributed by atoms with E-state index in [-0.39, 0.29) is 18.3 Å². The van der Waals surface area contributed by atoms with Crippen molar-refractivity contribution in [3.05, 3.63) is 65.0 Å². The van der Waals surface area contributed by atoms with Crippen LogP contribution in [0.15, 0.2) is 36.5 Å². The number of halogens is 1. The van der Waals surface area contributed by atoms with Crippen LogP contribution in [0.4, 0.5) is 4.39 Å². The number of carbonyl (C=O) groups is 1. The van der Waals surface area contributed by atoms with Gasteiger partial charge in [0, 0.05) is 30.7 Å². The number of aromatic nitrogens is 3. The number of benzene rings is 1. The summed E-state index contributed by atoms with van der Waals surface area (Å²) >= 11 is 0. The van der Waals surface area contributed by atoms with E-state index in [0.29, 0.717) is 18.9 Å². The lowest BCUT2D eigenvalue weighted by Gasteiger charge is -2.18. The molecule has 0 aliphatic heterocycles. The van der Waals surface area contributed by atoms with Gasteiger partial charge >= 0.3 is 0 Å². The third-order valence-corrected chi connectivity index (χ3v) is 4.41. The number of aryl methyl sites for hydroxylation is 2. The Morgan fingerprint density at radius 1 is 1.22 bits per heavy atom. The van der Waals surface area contributed by atoms with E-state index in [1.165, 1.54) is 12.1 Å². The van der Waals surface area contributed by atoms with Crippen molar-refractivity contribution < 1.29 is 9.18 Å². The highest BCUT2D eigenvalue weighted by Gasteiger charge is 2.13. The van der Waals surface area contributed by atoms with Gasteiger partial charge < -0.3 is 5.32 Å². The van der Waals surface area contributed by atoms with E-state index < -0.39 is 0 Å². The van der Waals surface area contributed by atoms with Gasteiger partial charge in [-0.25, -0.2) is 14.4 Å². The predicted octanol–water partition coefficient (Wildman–Crippen LogP) is 2.62. The molecule has 0 unspecified atom stereocenters. The Morgan fingerprint density at radius 2 is 1.96 bits per heavy atom. The predicted molar refractivity (Wildman–Crippen MR) is 102 cm³/mol. The van der Waals surface area contributed by atoms with Crippen LogP contribution in [0.2, 0.25) is 0 Å². The number of nitrogens with one attached hydrogen (secondary N) is 1. The van der Waals surface area contributed by atoms with Crippen molar-refractivity contribution in [2.75, 3.05) is 13.1 Å². The maximum Gasteiger partial charge on any atom is 0.234 e. The lowest BCUT2D eigenvalue weighted by atomic mass is 10.2. The Bertz CT molecular complexity index is 935. The molecule has 0 atom stereocenters. The molecule has 3 aromatic rings. The quantitative estimate of drug-likeness (QED) is 0.695. The van der Waals surface area contributed by atoms with Crippen molar-refractivity contribution in [3.8, 4) is 0 Å². The summed E-state index contributed by atoms with van der Waals surface area (Å²) in [5, 5.41) is 2.87. The maximum atomic E-state index is 12.9. The molecule has 0 spiro atoms. The van der Waals surface area contributed by atoms with E-state index in [4.69, 9.17) is 0 Å². The maximum absolute atomic E-state index is 12.9. The molecule has 0 fully saturated rings. The fraction of sp³-hybridized carbons (Fsp3) is 0.350. The third kappa shape index (κ3) is 4.89. The van der Waals surface area contributed by atoms with Crippen molar-refractivity contribution in [1.29, 1.82) is 0 Å². The molecule has 7 heteroatoms. The molecule has 0 aliphatic rings. The summed E-state index contributed by atoms with van der Waals surface area (Å²) in [6.45, 7) is 7.94. The molecule has 2 heterocycles. The number of hydrogen-bond acceptors (Lipinski definition) is 4. The first kappa shape index (κ1) is 19.0. The lowest BCUT2D eigenvalue weighted by molar-refractivity contribution is -0.122.